The second-order valence-corrected chi connectivity index (χ2v) is 8.76. The Balaban J connectivity index is 4.04. The Hall–Kier alpha value is 0.110. The van der Waals surface area contributed by atoms with E-state index in [0.29, 0.717) is 25.0 Å². The summed E-state index contributed by atoms with van der Waals surface area (Å²) in [6, 6.07) is 0. The molecule has 0 aliphatic heterocycles. The van der Waals surface area contributed by atoms with Gasteiger partial charge in [0.05, 0.1) is 13.2 Å². The highest BCUT2D eigenvalue weighted by molar-refractivity contribution is 7.47. The van der Waals surface area contributed by atoms with Gasteiger partial charge in [-0.05, 0) is 24.7 Å². The first-order valence-corrected chi connectivity index (χ1v) is 12.1. The van der Waals surface area contributed by atoms with Crippen LogP contribution in [0.5, 0.6) is 0 Å². The van der Waals surface area contributed by atoms with Crippen LogP contribution in [0, 0.1) is 11.8 Å². The lowest BCUT2D eigenvalue weighted by atomic mass is 9.99. The van der Waals surface area contributed by atoms with Crippen molar-refractivity contribution >= 4 is 7.82 Å². The number of hydrogen-bond donors (Lipinski definition) is 1. The molecule has 4 nitrogen and oxygen atoms in total. The first kappa shape index (κ1) is 25.1. The van der Waals surface area contributed by atoms with Crippen molar-refractivity contribution in [2.75, 3.05) is 13.2 Å². The van der Waals surface area contributed by atoms with Gasteiger partial charge in [0.15, 0.2) is 0 Å². The quantitative estimate of drug-likeness (QED) is 0.204. The molecule has 0 aromatic carbocycles. The predicted octanol–water partition coefficient (Wildman–Crippen LogP) is 7.11. The molecule has 0 spiro atoms. The van der Waals surface area contributed by atoms with Gasteiger partial charge in [-0.15, -0.1) is 0 Å². The summed E-state index contributed by atoms with van der Waals surface area (Å²) in [5.41, 5.74) is 0. The van der Waals surface area contributed by atoms with Crippen LogP contribution in [-0.2, 0) is 13.6 Å². The van der Waals surface area contributed by atoms with E-state index in [1.165, 1.54) is 51.4 Å². The first-order valence-electron chi connectivity index (χ1n) is 10.6. The van der Waals surface area contributed by atoms with Crippen LogP contribution >= 0.6 is 7.82 Å². The molecule has 1 N–H and O–H groups in total. The summed E-state index contributed by atoms with van der Waals surface area (Å²) in [5, 5.41) is 0. The molecule has 0 saturated heterocycles. The highest BCUT2D eigenvalue weighted by atomic mass is 31.2. The Bertz CT molecular complexity index is 308. The molecule has 0 heterocycles. The van der Waals surface area contributed by atoms with Crippen molar-refractivity contribution in [2.45, 2.75) is 105 Å². The number of phosphoric ester groups is 1. The molecule has 152 valence electrons. The van der Waals surface area contributed by atoms with Gasteiger partial charge in [-0.25, -0.2) is 4.57 Å². The Morgan fingerprint density at radius 1 is 0.720 bits per heavy atom. The highest BCUT2D eigenvalue weighted by Gasteiger charge is 2.24. The molecular weight excluding hydrogens is 335 g/mol. The van der Waals surface area contributed by atoms with Crippen molar-refractivity contribution in [3.8, 4) is 0 Å². The van der Waals surface area contributed by atoms with Gasteiger partial charge in [-0.1, -0.05) is 91.9 Å². The molecule has 0 rings (SSSR count). The molecule has 0 aliphatic rings. The lowest BCUT2D eigenvalue weighted by Gasteiger charge is -2.20. The zero-order valence-electron chi connectivity index (χ0n) is 17.2. The van der Waals surface area contributed by atoms with E-state index in [9.17, 15) is 9.46 Å². The Morgan fingerprint density at radius 2 is 1.12 bits per heavy atom. The largest absolute Gasteiger partial charge is 0.472 e. The average molecular weight is 379 g/mol. The topological polar surface area (TPSA) is 55.8 Å². The van der Waals surface area contributed by atoms with Crippen molar-refractivity contribution < 1.29 is 18.5 Å². The van der Waals surface area contributed by atoms with E-state index >= 15 is 0 Å². The molecule has 0 aromatic heterocycles. The van der Waals surface area contributed by atoms with Crippen LogP contribution in [-0.4, -0.2) is 18.1 Å². The van der Waals surface area contributed by atoms with Crippen molar-refractivity contribution in [3.05, 3.63) is 0 Å². The number of rotatable bonds is 18. The van der Waals surface area contributed by atoms with Crippen molar-refractivity contribution in [1.82, 2.24) is 0 Å². The maximum atomic E-state index is 12.1. The smallest absolute Gasteiger partial charge is 0.302 e. The maximum absolute atomic E-state index is 12.1. The van der Waals surface area contributed by atoms with Gasteiger partial charge in [-0.2, -0.15) is 0 Å². The van der Waals surface area contributed by atoms with E-state index in [2.05, 4.69) is 27.7 Å². The molecule has 0 aromatic rings. The summed E-state index contributed by atoms with van der Waals surface area (Å²) >= 11 is 0. The zero-order valence-corrected chi connectivity index (χ0v) is 18.1. The molecule has 2 atom stereocenters. The van der Waals surface area contributed by atoms with Crippen LogP contribution in [0.4, 0.5) is 0 Å². The van der Waals surface area contributed by atoms with E-state index in [0.717, 1.165) is 25.7 Å². The minimum Gasteiger partial charge on any atom is -0.302 e. The van der Waals surface area contributed by atoms with Crippen LogP contribution < -0.4 is 0 Å². The van der Waals surface area contributed by atoms with Gasteiger partial charge in [0.1, 0.15) is 0 Å². The van der Waals surface area contributed by atoms with Crippen LogP contribution in [0.3, 0.4) is 0 Å². The van der Waals surface area contributed by atoms with E-state index in [1.54, 1.807) is 0 Å². The van der Waals surface area contributed by atoms with Gasteiger partial charge in [-0.3, -0.25) is 9.05 Å². The fourth-order valence-electron chi connectivity index (χ4n) is 2.97. The predicted molar refractivity (Wildman–Crippen MR) is 107 cm³/mol. The third-order valence-corrected chi connectivity index (χ3v) is 5.98. The average Bonchev–Trinajstić information content (AvgIpc) is 2.60. The van der Waals surface area contributed by atoms with E-state index in [1.807, 2.05) is 0 Å². The summed E-state index contributed by atoms with van der Waals surface area (Å²) in [5.74, 6) is 0.689. The SMILES string of the molecule is CCCCCCC(CC)COP(=O)(O)OCC(CC)CCCCCC. The maximum Gasteiger partial charge on any atom is 0.472 e. The molecule has 0 bridgehead atoms. The second-order valence-electron chi connectivity index (χ2n) is 7.31. The molecule has 25 heavy (non-hydrogen) atoms. The molecule has 0 radical (unpaired) electrons. The van der Waals surface area contributed by atoms with Gasteiger partial charge < -0.3 is 4.89 Å². The van der Waals surface area contributed by atoms with Gasteiger partial charge in [0.2, 0.25) is 0 Å². The summed E-state index contributed by atoms with van der Waals surface area (Å²) in [6.45, 7) is 9.27. The number of unbranched alkanes of at least 4 members (excludes halogenated alkanes) is 6. The van der Waals surface area contributed by atoms with E-state index in [-0.39, 0.29) is 0 Å². The third-order valence-electron chi connectivity index (χ3n) is 5.03. The summed E-state index contributed by atoms with van der Waals surface area (Å²) in [6.07, 6.45) is 13.8. The molecule has 0 fully saturated rings. The Kier molecular flexibility index (Phi) is 16.4. The van der Waals surface area contributed by atoms with Gasteiger partial charge in [0, 0.05) is 0 Å². The Labute approximate surface area is 156 Å². The lowest BCUT2D eigenvalue weighted by molar-refractivity contribution is 0.110. The number of phosphoric acid groups is 1. The molecule has 0 amide bonds. The van der Waals surface area contributed by atoms with E-state index < -0.39 is 7.82 Å². The molecule has 5 heteroatoms. The minimum absolute atomic E-state index is 0.323. The number of hydrogen-bond acceptors (Lipinski definition) is 3. The van der Waals surface area contributed by atoms with Crippen LogP contribution in [0.15, 0.2) is 0 Å². The monoisotopic (exact) mass is 378 g/mol. The van der Waals surface area contributed by atoms with Crippen molar-refractivity contribution in [3.63, 3.8) is 0 Å². The third kappa shape index (κ3) is 14.9. The first-order chi connectivity index (χ1) is 12.0. The highest BCUT2D eigenvalue weighted by Crippen LogP contribution is 2.44. The fraction of sp³-hybridized carbons (Fsp3) is 1.00. The summed E-state index contributed by atoms with van der Waals surface area (Å²) in [4.78, 5) is 9.93. The Morgan fingerprint density at radius 3 is 1.44 bits per heavy atom. The zero-order chi connectivity index (χ0) is 19.0. The van der Waals surface area contributed by atoms with Gasteiger partial charge in [0.25, 0.3) is 0 Å². The fourth-order valence-corrected chi connectivity index (χ4v) is 3.84. The van der Waals surface area contributed by atoms with Gasteiger partial charge >= 0.3 is 7.82 Å². The van der Waals surface area contributed by atoms with Crippen LogP contribution in [0.2, 0.25) is 0 Å². The van der Waals surface area contributed by atoms with Crippen molar-refractivity contribution in [2.24, 2.45) is 11.8 Å². The molecular formula is C20H43O4P. The standard InChI is InChI=1S/C20H43O4P/c1-5-9-11-13-15-19(7-3)17-23-25(21,22)24-18-20(8-4)16-14-12-10-6-2/h19-20H,5-18H2,1-4H3,(H,21,22). The van der Waals surface area contributed by atoms with Crippen molar-refractivity contribution in [1.29, 1.82) is 0 Å². The summed E-state index contributed by atoms with van der Waals surface area (Å²) < 4.78 is 22.7. The van der Waals surface area contributed by atoms with E-state index in [4.69, 9.17) is 9.05 Å². The molecule has 0 aliphatic carbocycles. The normalized spacial score (nSPS) is 16.5. The second kappa shape index (κ2) is 16.3. The molecule has 2 unspecified atom stereocenters. The minimum atomic E-state index is -3.92. The summed E-state index contributed by atoms with van der Waals surface area (Å²) in [7, 11) is -3.92. The van der Waals surface area contributed by atoms with Crippen LogP contribution in [0.1, 0.15) is 105 Å². The van der Waals surface area contributed by atoms with Crippen LogP contribution in [0.25, 0.3) is 0 Å². The molecule has 0 saturated carbocycles. The lowest BCUT2D eigenvalue weighted by Crippen LogP contribution is -2.12.